The van der Waals surface area contributed by atoms with Crippen LogP contribution in [0.3, 0.4) is 0 Å². The number of hydrogen-bond acceptors (Lipinski definition) is 6. The number of nitrogens with one attached hydrogen (secondary N) is 1. The Morgan fingerprint density at radius 3 is 3.04 bits per heavy atom. The Morgan fingerprint density at radius 1 is 1.46 bits per heavy atom. The summed E-state index contributed by atoms with van der Waals surface area (Å²) in [6, 6.07) is 8.22. The SMILES string of the molecule is Cc1cccc(OCCNC(=O)CSc2nnc(N)n2C2CC2)c1. The Morgan fingerprint density at radius 2 is 2.29 bits per heavy atom. The summed E-state index contributed by atoms with van der Waals surface area (Å²) in [5.74, 6) is 1.46. The minimum atomic E-state index is -0.0586. The Kier molecular flexibility index (Phi) is 5.24. The number of nitrogens with zero attached hydrogens (tertiary/aromatic N) is 3. The highest BCUT2D eigenvalue weighted by atomic mass is 32.2. The predicted octanol–water partition coefficient (Wildman–Crippen LogP) is 1.79. The van der Waals surface area contributed by atoms with E-state index in [2.05, 4.69) is 15.5 Å². The number of thioether (sulfide) groups is 1. The van der Waals surface area contributed by atoms with E-state index in [-0.39, 0.29) is 11.7 Å². The van der Waals surface area contributed by atoms with Crippen LogP contribution in [0.4, 0.5) is 5.95 Å². The van der Waals surface area contributed by atoms with Gasteiger partial charge in [0.05, 0.1) is 12.3 Å². The van der Waals surface area contributed by atoms with Crippen LogP contribution in [0, 0.1) is 6.92 Å². The first-order chi connectivity index (χ1) is 11.6. The number of ether oxygens (including phenoxy) is 1. The lowest BCUT2D eigenvalue weighted by molar-refractivity contribution is -0.118. The second-order valence-corrected chi connectivity index (χ2v) is 6.69. The highest BCUT2D eigenvalue weighted by Gasteiger charge is 2.29. The molecular formula is C16H21N5O2S. The molecule has 0 bridgehead atoms. The molecule has 0 spiro atoms. The first kappa shape index (κ1) is 16.6. The molecule has 128 valence electrons. The van der Waals surface area contributed by atoms with Gasteiger partial charge in [-0.25, -0.2) is 0 Å². The molecule has 1 heterocycles. The Labute approximate surface area is 145 Å². The van der Waals surface area contributed by atoms with Gasteiger partial charge in [0.1, 0.15) is 12.4 Å². The third-order valence-electron chi connectivity index (χ3n) is 3.62. The minimum Gasteiger partial charge on any atom is -0.492 e. The van der Waals surface area contributed by atoms with Crippen molar-refractivity contribution in [3.05, 3.63) is 29.8 Å². The average molecular weight is 347 g/mol. The van der Waals surface area contributed by atoms with E-state index in [9.17, 15) is 4.79 Å². The number of hydrogen-bond donors (Lipinski definition) is 2. The number of aryl methyl sites for hydroxylation is 1. The Balaban J connectivity index is 1.37. The Hall–Kier alpha value is -2.22. The van der Waals surface area contributed by atoms with Gasteiger partial charge in [0, 0.05) is 6.04 Å². The van der Waals surface area contributed by atoms with Gasteiger partial charge in [-0.05, 0) is 37.5 Å². The molecule has 3 N–H and O–H groups in total. The second-order valence-electron chi connectivity index (χ2n) is 5.75. The summed E-state index contributed by atoms with van der Waals surface area (Å²) in [7, 11) is 0. The van der Waals surface area contributed by atoms with E-state index in [1.54, 1.807) is 0 Å². The maximum Gasteiger partial charge on any atom is 0.230 e. The topological polar surface area (TPSA) is 95.1 Å². The zero-order valence-electron chi connectivity index (χ0n) is 13.6. The molecule has 0 radical (unpaired) electrons. The van der Waals surface area contributed by atoms with E-state index in [1.807, 2.05) is 35.8 Å². The molecule has 0 aliphatic heterocycles. The number of benzene rings is 1. The zero-order chi connectivity index (χ0) is 16.9. The number of amides is 1. The van der Waals surface area contributed by atoms with E-state index in [0.29, 0.717) is 30.3 Å². The number of nitrogens with two attached hydrogens (primary N) is 1. The maximum absolute atomic E-state index is 11.9. The predicted molar refractivity (Wildman–Crippen MR) is 93.1 cm³/mol. The van der Waals surface area contributed by atoms with Crippen LogP contribution in [0.5, 0.6) is 5.75 Å². The molecule has 0 atom stereocenters. The van der Waals surface area contributed by atoms with Crippen molar-refractivity contribution in [2.24, 2.45) is 0 Å². The molecule has 2 aromatic rings. The fraction of sp³-hybridized carbons (Fsp3) is 0.438. The summed E-state index contributed by atoms with van der Waals surface area (Å²) in [6.07, 6.45) is 2.19. The molecule has 0 unspecified atom stereocenters. The van der Waals surface area contributed by atoms with Crippen molar-refractivity contribution >= 4 is 23.6 Å². The molecule has 1 amide bonds. The summed E-state index contributed by atoms with van der Waals surface area (Å²) < 4.78 is 7.51. The van der Waals surface area contributed by atoms with Crippen LogP contribution in [-0.2, 0) is 4.79 Å². The van der Waals surface area contributed by atoms with E-state index in [0.717, 1.165) is 24.2 Å². The standard InChI is InChI=1S/C16H21N5O2S/c1-11-3-2-4-13(9-11)23-8-7-18-14(22)10-24-16-20-19-15(17)21(16)12-5-6-12/h2-4,9,12H,5-8,10H2,1H3,(H2,17,19)(H,18,22). The molecule has 0 saturated heterocycles. The summed E-state index contributed by atoms with van der Waals surface area (Å²) in [5, 5.41) is 11.5. The molecule has 1 fully saturated rings. The van der Waals surface area contributed by atoms with Crippen LogP contribution < -0.4 is 15.8 Å². The zero-order valence-corrected chi connectivity index (χ0v) is 14.4. The molecule has 24 heavy (non-hydrogen) atoms. The first-order valence-electron chi connectivity index (χ1n) is 7.93. The largest absolute Gasteiger partial charge is 0.492 e. The molecule has 3 rings (SSSR count). The van der Waals surface area contributed by atoms with Gasteiger partial charge in [-0.3, -0.25) is 9.36 Å². The number of nitrogen functional groups attached to an aromatic ring is 1. The Bertz CT molecular complexity index is 714. The molecule has 7 nitrogen and oxygen atoms in total. The number of carbonyl (C=O) groups excluding carboxylic acids is 1. The van der Waals surface area contributed by atoms with Crippen molar-refractivity contribution in [3.63, 3.8) is 0 Å². The number of aromatic nitrogens is 3. The van der Waals surface area contributed by atoms with Crippen molar-refractivity contribution < 1.29 is 9.53 Å². The van der Waals surface area contributed by atoms with Crippen LogP contribution in [0.2, 0.25) is 0 Å². The van der Waals surface area contributed by atoms with E-state index < -0.39 is 0 Å². The van der Waals surface area contributed by atoms with Crippen LogP contribution in [0.15, 0.2) is 29.4 Å². The fourth-order valence-corrected chi connectivity index (χ4v) is 3.15. The number of rotatable bonds is 8. The van der Waals surface area contributed by atoms with Crippen molar-refractivity contribution in [3.8, 4) is 5.75 Å². The van der Waals surface area contributed by atoms with Crippen LogP contribution in [0.1, 0.15) is 24.4 Å². The van der Waals surface area contributed by atoms with Gasteiger partial charge in [0.25, 0.3) is 0 Å². The summed E-state index contributed by atoms with van der Waals surface area (Å²) in [6.45, 7) is 2.91. The number of anilines is 1. The van der Waals surface area contributed by atoms with Crippen LogP contribution >= 0.6 is 11.8 Å². The molecule has 1 saturated carbocycles. The molecule has 1 aromatic carbocycles. The van der Waals surface area contributed by atoms with Gasteiger partial charge in [-0.1, -0.05) is 23.9 Å². The molecule has 1 aliphatic rings. The molecular weight excluding hydrogens is 326 g/mol. The highest BCUT2D eigenvalue weighted by molar-refractivity contribution is 7.99. The summed E-state index contributed by atoms with van der Waals surface area (Å²) in [4.78, 5) is 11.9. The van der Waals surface area contributed by atoms with Gasteiger partial charge in [0.2, 0.25) is 11.9 Å². The van der Waals surface area contributed by atoms with Gasteiger partial charge >= 0.3 is 0 Å². The van der Waals surface area contributed by atoms with Crippen LogP contribution in [-0.4, -0.2) is 39.6 Å². The third-order valence-corrected chi connectivity index (χ3v) is 4.56. The highest BCUT2D eigenvalue weighted by Crippen LogP contribution is 2.39. The van der Waals surface area contributed by atoms with E-state index in [4.69, 9.17) is 10.5 Å². The molecule has 8 heteroatoms. The van der Waals surface area contributed by atoms with E-state index >= 15 is 0 Å². The second kappa shape index (κ2) is 7.57. The molecule has 1 aromatic heterocycles. The normalized spacial score (nSPS) is 13.7. The first-order valence-corrected chi connectivity index (χ1v) is 8.91. The minimum absolute atomic E-state index is 0.0586. The van der Waals surface area contributed by atoms with Gasteiger partial charge in [-0.15, -0.1) is 10.2 Å². The average Bonchev–Trinajstić information content (AvgIpc) is 3.33. The quantitative estimate of drug-likeness (QED) is 0.558. The maximum atomic E-state index is 11.9. The lowest BCUT2D eigenvalue weighted by Crippen LogP contribution is -2.29. The van der Waals surface area contributed by atoms with E-state index in [1.165, 1.54) is 11.8 Å². The van der Waals surface area contributed by atoms with Crippen molar-refractivity contribution in [2.75, 3.05) is 24.6 Å². The lowest BCUT2D eigenvalue weighted by atomic mass is 10.2. The number of carbonyl (C=O) groups is 1. The third kappa shape index (κ3) is 4.41. The molecule has 1 aliphatic carbocycles. The van der Waals surface area contributed by atoms with Gasteiger partial charge < -0.3 is 15.8 Å². The summed E-state index contributed by atoms with van der Waals surface area (Å²) in [5.41, 5.74) is 6.96. The monoisotopic (exact) mass is 347 g/mol. The van der Waals surface area contributed by atoms with Crippen molar-refractivity contribution in [2.45, 2.75) is 31.0 Å². The summed E-state index contributed by atoms with van der Waals surface area (Å²) >= 11 is 1.36. The lowest BCUT2D eigenvalue weighted by Gasteiger charge is -2.08. The smallest absolute Gasteiger partial charge is 0.230 e. The van der Waals surface area contributed by atoms with Gasteiger partial charge in [-0.2, -0.15) is 0 Å². The fourth-order valence-electron chi connectivity index (χ4n) is 2.31. The van der Waals surface area contributed by atoms with Crippen molar-refractivity contribution in [1.29, 1.82) is 0 Å². The van der Waals surface area contributed by atoms with Crippen LogP contribution in [0.25, 0.3) is 0 Å². The van der Waals surface area contributed by atoms with Crippen molar-refractivity contribution in [1.82, 2.24) is 20.1 Å². The van der Waals surface area contributed by atoms with Gasteiger partial charge in [0.15, 0.2) is 5.16 Å².